The molecule has 6 heteroatoms. The molecule has 2 atom stereocenters. The second kappa shape index (κ2) is 4.33. The summed E-state index contributed by atoms with van der Waals surface area (Å²) in [6.45, 7) is 3.00. The van der Waals surface area contributed by atoms with E-state index < -0.39 is 25.0 Å². The van der Waals surface area contributed by atoms with Crippen LogP contribution in [0.5, 0.6) is 0 Å². The van der Waals surface area contributed by atoms with Gasteiger partial charge in [0.05, 0.1) is 12.0 Å². The topological polar surface area (TPSA) is 95.6 Å². The molecule has 0 aromatic rings. The number of carbonyl (C=O) groups excluding carboxylic acids is 1. The Kier molecular flexibility index (Phi) is 4.10. The summed E-state index contributed by atoms with van der Waals surface area (Å²) < 4.78 is 0. The second-order valence-corrected chi connectivity index (χ2v) is 2.50. The van der Waals surface area contributed by atoms with E-state index in [1.165, 1.54) is 13.8 Å². The molecule has 0 saturated carbocycles. The van der Waals surface area contributed by atoms with Crippen molar-refractivity contribution < 1.29 is 14.8 Å². The van der Waals surface area contributed by atoms with Gasteiger partial charge in [0.1, 0.15) is 0 Å². The SMILES string of the molecule is C[C@H](N)C(=O)N[C@H](C)B(O)O. The van der Waals surface area contributed by atoms with E-state index in [0.29, 0.717) is 0 Å². The summed E-state index contributed by atoms with van der Waals surface area (Å²) in [5, 5.41) is 19.4. The van der Waals surface area contributed by atoms with Crippen molar-refractivity contribution in [3.63, 3.8) is 0 Å². The number of carbonyl (C=O) groups is 1. The maximum Gasteiger partial charge on any atom is 0.475 e. The van der Waals surface area contributed by atoms with Crippen LogP contribution in [0.3, 0.4) is 0 Å². The van der Waals surface area contributed by atoms with Crippen molar-refractivity contribution in [1.29, 1.82) is 0 Å². The van der Waals surface area contributed by atoms with Gasteiger partial charge in [0.25, 0.3) is 0 Å². The maximum atomic E-state index is 10.8. The fraction of sp³-hybridized carbons (Fsp3) is 0.800. The van der Waals surface area contributed by atoms with Crippen LogP contribution in [0, 0.1) is 0 Å². The molecule has 0 aromatic heterocycles. The Balaban J connectivity index is 3.76. The summed E-state index contributed by atoms with van der Waals surface area (Å²) in [5.41, 5.74) is 5.21. The first-order chi connectivity index (χ1) is 4.95. The van der Waals surface area contributed by atoms with Gasteiger partial charge in [0.2, 0.25) is 5.91 Å². The molecule has 0 radical (unpaired) electrons. The van der Waals surface area contributed by atoms with Gasteiger partial charge in [-0.2, -0.15) is 0 Å². The van der Waals surface area contributed by atoms with Crippen LogP contribution in [-0.2, 0) is 4.79 Å². The Morgan fingerprint density at radius 2 is 2.00 bits per heavy atom. The fourth-order valence-electron chi connectivity index (χ4n) is 0.430. The molecule has 64 valence electrons. The van der Waals surface area contributed by atoms with Gasteiger partial charge < -0.3 is 21.1 Å². The van der Waals surface area contributed by atoms with Crippen molar-refractivity contribution in [3.8, 4) is 0 Å². The molecule has 1 amide bonds. The van der Waals surface area contributed by atoms with Crippen LogP contribution in [0.4, 0.5) is 0 Å². The maximum absolute atomic E-state index is 10.8. The molecule has 0 aromatic carbocycles. The molecule has 0 aliphatic heterocycles. The highest BCUT2D eigenvalue weighted by atomic mass is 16.4. The molecule has 0 unspecified atom stereocenters. The number of amides is 1. The number of hydrogen-bond acceptors (Lipinski definition) is 4. The molecule has 5 N–H and O–H groups in total. The zero-order valence-electron chi connectivity index (χ0n) is 6.61. The molecule has 0 bridgehead atoms. The molecule has 11 heavy (non-hydrogen) atoms. The van der Waals surface area contributed by atoms with Gasteiger partial charge in [-0.3, -0.25) is 4.79 Å². The van der Waals surface area contributed by atoms with Crippen molar-refractivity contribution >= 4 is 13.0 Å². The van der Waals surface area contributed by atoms with E-state index >= 15 is 0 Å². The van der Waals surface area contributed by atoms with E-state index in [0.717, 1.165) is 0 Å². The monoisotopic (exact) mass is 160 g/mol. The van der Waals surface area contributed by atoms with Crippen LogP contribution in [-0.4, -0.2) is 35.1 Å². The minimum absolute atomic E-state index is 0.398. The van der Waals surface area contributed by atoms with Gasteiger partial charge in [0, 0.05) is 0 Å². The third kappa shape index (κ3) is 3.97. The van der Waals surface area contributed by atoms with Crippen LogP contribution in [0.1, 0.15) is 13.8 Å². The zero-order valence-corrected chi connectivity index (χ0v) is 6.61. The smallest absolute Gasteiger partial charge is 0.426 e. The molecule has 0 saturated heterocycles. The van der Waals surface area contributed by atoms with E-state index in [1.54, 1.807) is 0 Å². The minimum atomic E-state index is -1.54. The van der Waals surface area contributed by atoms with Crippen LogP contribution in [0.25, 0.3) is 0 Å². The van der Waals surface area contributed by atoms with Crippen molar-refractivity contribution in [3.05, 3.63) is 0 Å². The lowest BCUT2D eigenvalue weighted by atomic mass is 9.81. The standard InChI is InChI=1S/C5H13BN2O3/c1-3(7)5(9)8-4(2)6(10)11/h3-4,10-11H,7H2,1-2H3,(H,8,9)/t3-,4+/m0/s1. The molecule has 0 aliphatic carbocycles. The third-order valence-corrected chi connectivity index (χ3v) is 1.23. The third-order valence-electron chi connectivity index (χ3n) is 1.23. The van der Waals surface area contributed by atoms with Crippen LogP contribution >= 0.6 is 0 Å². The molecule has 0 aliphatic rings. The van der Waals surface area contributed by atoms with Crippen molar-refractivity contribution in [2.75, 3.05) is 0 Å². The van der Waals surface area contributed by atoms with E-state index in [4.69, 9.17) is 15.8 Å². The van der Waals surface area contributed by atoms with Crippen molar-refractivity contribution in [1.82, 2.24) is 5.32 Å². The van der Waals surface area contributed by atoms with Crippen molar-refractivity contribution in [2.24, 2.45) is 5.73 Å². The summed E-state index contributed by atoms with van der Waals surface area (Å²) in [4.78, 5) is 10.8. The number of nitrogens with two attached hydrogens (primary N) is 1. The average molecular weight is 160 g/mol. The predicted molar refractivity (Wildman–Crippen MR) is 41.4 cm³/mol. The molecule has 5 nitrogen and oxygen atoms in total. The molecule has 0 rings (SSSR count). The summed E-state index contributed by atoms with van der Waals surface area (Å²) >= 11 is 0. The number of hydrogen-bond donors (Lipinski definition) is 4. The lowest BCUT2D eigenvalue weighted by Crippen LogP contribution is -2.49. The summed E-state index contributed by atoms with van der Waals surface area (Å²) in [5.74, 6) is -1.08. The Bertz CT molecular complexity index is 140. The highest BCUT2D eigenvalue weighted by Crippen LogP contribution is 1.84. The number of nitrogens with one attached hydrogen (secondary N) is 1. The minimum Gasteiger partial charge on any atom is -0.426 e. The first kappa shape index (κ1) is 10.4. The van der Waals surface area contributed by atoms with Crippen molar-refractivity contribution in [2.45, 2.75) is 25.8 Å². The van der Waals surface area contributed by atoms with Crippen LogP contribution in [0.15, 0.2) is 0 Å². The Morgan fingerprint density at radius 3 is 2.27 bits per heavy atom. The Morgan fingerprint density at radius 1 is 1.55 bits per heavy atom. The van der Waals surface area contributed by atoms with Gasteiger partial charge in [0.15, 0.2) is 0 Å². The highest BCUT2D eigenvalue weighted by Gasteiger charge is 2.20. The molecule has 0 spiro atoms. The lowest BCUT2D eigenvalue weighted by molar-refractivity contribution is -0.122. The second-order valence-electron chi connectivity index (χ2n) is 2.50. The first-order valence-electron chi connectivity index (χ1n) is 3.37. The van der Waals surface area contributed by atoms with E-state index in [-0.39, 0.29) is 0 Å². The van der Waals surface area contributed by atoms with Gasteiger partial charge in [-0.25, -0.2) is 0 Å². The van der Waals surface area contributed by atoms with Crippen LogP contribution < -0.4 is 11.1 Å². The fourth-order valence-corrected chi connectivity index (χ4v) is 0.430. The summed E-state index contributed by atoms with van der Waals surface area (Å²) in [7, 11) is -1.54. The first-order valence-corrected chi connectivity index (χ1v) is 3.37. The molecule has 0 heterocycles. The van der Waals surface area contributed by atoms with Gasteiger partial charge >= 0.3 is 7.12 Å². The summed E-state index contributed by atoms with van der Waals surface area (Å²) in [6, 6.07) is -0.629. The Hall–Kier alpha value is -0.585. The normalized spacial score (nSPS) is 15.4. The molecular formula is C5H13BN2O3. The van der Waals surface area contributed by atoms with Gasteiger partial charge in [-0.1, -0.05) is 0 Å². The molecular weight excluding hydrogens is 147 g/mol. The quantitative estimate of drug-likeness (QED) is 0.354. The number of rotatable bonds is 3. The predicted octanol–water partition coefficient (Wildman–Crippen LogP) is -2.15. The largest absolute Gasteiger partial charge is 0.475 e. The van der Waals surface area contributed by atoms with Gasteiger partial charge in [-0.15, -0.1) is 0 Å². The van der Waals surface area contributed by atoms with Crippen LogP contribution in [0.2, 0.25) is 0 Å². The lowest BCUT2D eigenvalue weighted by Gasteiger charge is -2.13. The Labute approximate surface area is 65.7 Å². The summed E-state index contributed by atoms with van der Waals surface area (Å²) in [6.07, 6.45) is 0. The van der Waals surface area contributed by atoms with E-state index in [1.807, 2.05) is 0 Å². The van der Waals surface area contributed by atoms with Gasteiger partial charge in [-0.05, 0) is 13.8 Å². The molecule has 0 fully saturated rings. The zero-order chi connectivity index (χ0) is 9.02. The highest BCUT2D eigenvalue weighted by molar-refractivity contribution is 6.43. The van der Waals surface area contributed by atoms with E-state index in [2.05, 4.69) is 5.32 Å². The average Bonchev–Trinajstić information content (AvgIpc) is 1.87. The van der Waals surface area contributed by atoms with E-state index in [9.17, 15) is 4.79 Å².